The van der Waals surface area contributed by atoms with Crippen LogP contribution in [0.15, 0.2) is 0 Å². The van der Waals surface area contributed by atoms with Gasteiger partial charge in [-0.05, 0) is 19.3 Å². The molecule has 1 aliphatic carbocycles. The van der Waals surface area contributed by atoms with Crippen LogP contribution in [0, 0.1) is 11.3 Å². The molecule has 0 amide bonds. The molecule has 13 heavy (non-hydrogen) atoms. The van der Waals surface area contributed by atoms with Crippen molar-refractivity contribution in [2.75, 3.05) is 0 Å². The van der Waals surface area contributed by atoms with Crippen LogP contribution in [0.2, 0.25) is 0 Å². The van der Waals surface area contributed by atoms with E-state index in [1.54, 1.807) is 0 Å². The number of carboxylic acids is 1. The van der Waals surface area contributed by atoms with Crippen LogP contribution in [0.1, 0.15) is 39.5 Å². The molecule has 3 heteroatoms. The number of rotatable bonds is 3. The molecule has 0 aromatic rings. The number of aliphatic carboxylic acids is 1. The van der Waals surface area contributed by atoms with E-state index < -0.39 is 17.3 Å². The lowest BCUT2D eigenvalue weighted by molar-refractivity contribution is -0.148. The second-order valence-corrected chi connectivity index (χ2v) is 3.72. The van der Waals surface area contributed by atoms with E-state index in [-0.39, 0.29) is 5.78 Å². The van der Waals surface area contributed by atoms with Gasteiger partial charge in [-0.25, -0.2) is 0 Å². The first-order chi connectivity index (χ1) is 6.08. The molecule has 0 aromatic heterocycles. The Hall–Kier alpha value is -0.860. The number of hydrogen-bond donors (Lipinski definition) is 1. The summed E-state index contributed by atoms with van der Waals surface area (Å²) in [4.78, 5) is 22.5. The summed E-state index contributed by atoms with van der Waals surface area (Å²) in [7, 11) is 0. The molecule has 0 aromatic carbocycles. The quantitative estimate of drug-likeness (QED) is 0.728. The lowest BCUT2D eigenvalue weighted by Crippen LogP contribution is -2.35. The molecule has 1 aliphatic rings. The lowest BCUT2D eigenvalue weighted by Gasteiger charge is -2.28. The van der Waals surface area contributed by atoms with Gasteiger partial charge < -0.3 is 5.11 Å². The van der Waals surface area contributed by atoms with Crippen LogP contribution < -0.4 is 0 Å². The predicted octanol–water partition coefficient (Wildman–Crippen LogP) is 1.86. The Morgan fingerprint density at radius 1 is 1.54 bits per heavy atom. The van der Waals surface area contributed by atoms with Gasteiger partial charge in [-0.1, -0.05) is 13.8 Å². The van der Waals surface area contributed by atoms with Crippen molar-refractivity contribution in [3.05, 3.63) is 0 Å². The maximum atomic E-state index is 11.6. The monoisotopic (exact) mass is 184 g/mol. The zero-order valence-electron chi connectivity index (χ0n) is 8.17. The smallest absolute Gasteiger partial charge is 0.307 e. The van der Waals surface area contributed by atoms with Gasteiger partial charge in [0.1, 0.15) is 5.78 Å². The summed E-state index contributed by atoms with van der Waals surface area (Å²) < 4.78 is 0. The molecule has 0 aliphatic heterocycles. The summed E-state index contributed by atoms with van der Waals surface area (Å²) in [5.74, 6) is -1.12. The summed E-state index contributed by atoms with van der Waals surface area (Å²) in [5.41, 5.74) is -0.564. The highest BCUT2D eigenvalue weighted by atomic mass is 16.4. The van der Waals surface area contributed by atoms with E-state index in [1.165, 1.54) is 0 Å². The Bertz CT molecular complexity index is 228. The fourth-order valence-electron chi connectivity index (χ4n) is 2.49. The zero-order valence-corrected chi connectivity index (χ0v) is 8.17. The molecular weight excluding hydrogens is 168 g/mol. The van der Waals surface area contributed by atoms with Gasteiger partial charge in [-0.2, -0.15) is 0 Å². The highest BCUT2D eigenvalue weighted by Crippen LogP contribution is 2.45. The van der Waals surface area contributed by atoms with Crippen LogP contribution >= 0.6 is 0 Å². The largest absolute Gasteiger partial charge is 0.481 e. The van der Waals surface area contributed by atoms with E-state index in [4.69, 9.17) is 5.11 Å². The summed E-state index contributed by atoms with van der Waals surface area (Å²) in [6.45, 7) is 3.81. The average molecular weight is 184 g/mol. The molecule has 1 fully saturated rings. The van der Waals surface area contributed by atoms with E-state index in [2.05, 4.69) is 0 Å². The summed E-state index contributed by atoms with van der Waals surface area (Å²) in [6.07, 6.45) is 2.27. The summed E-state index contributed by atoms with van der Waals surface area (Å²) >= 11 is 0. The van der Waals surface area contributed by atoms with Gasteiger partial charge in [0, 0.05) is 11.8 Å². The van der Waals surface area contributed by atoms with Gasteiger partial charge in [0.25, 0.3) is 0 Å². The molecule has 0 heterocycles. The van der Waals surface area contributed by atoms with Crippen LogP contribution in [-0.4, -0.2) is 16.9 Å². The van der Waals surface area contributed by atoms with E-state index in [0.717, 1.165) is 0 Å². The maximum absolute atomic E-state index is 11.6. The summed E-state index contributed by atoms with van der Waals surface area (Å²) in [6, 6.07) is 0. The molecule has 3 nitrogen and oxygen atoms in total. The Balaban J connectivity index is 2.99. The van der Waals surface area contributed by atoms with Crippen molar-refractivity contribution < 1.29 is 14.7 Å². The van der Waals surface area contributed by atoms with Crippen molar-refractivity contribution in [2.24, 2.45) is 11.3 Å². The average Bonchev–Trinajstić information content (AvgIpc) is 2.43. The molecule has 0 saturated heterocycles. The van der Waals surface area contributed by atoms with Crippen LogP contribution in [0.5, 0.6) is 0 Å². The van der Waals surface area contributed by atoms with Crippen molar-refractivity contribution in [2.45, 2.75) is 39.5 Å². The van der Waals surface area contributed by atoms with E-state index in [0.29, 0.717) is 25.7 Å². The molecule has 0 radical (unpaired) electrons. The Morgan fingerprint density at radius 2 is 2.08 bits per heavy atom. The zero-order chi connectivity index (χ0) is 10.1. The number of ketones is 1. The third-order valence-electron chi connectivity index (χ3n) is 3.44. The van der Waals surface area contributed by atoms with E-state index in [9.17, 15) is 9.59 Å². The van der Waals surface area contributed by atoms with Crippen LogP contribution in [0.25, 0.3) is 0 Å². The van der Waals surface area contributed by atoms with Gasteiger partial charge in [0.2, 0.25) is 0 Å². The normalized spacial score (nSPS) is 26.3. The lowest BCUT2D eigenvalue weighted by atomic mass is 9.73. The second-order valence-electron chi connectivity index (χ2n) is 3.72. The highest BCUT2D eigenvalue weighted by molar-refractivity contribution is 5.93. The van der Waals surface area contributed by atoms with Gasteiger partial charge >= 0.3 is 5.97 Å². The first kappa shape index (κ1) is 10.2. The first-order valence-corrected chi connectivity index (χ1v) is 4.84. The van der Waals surface area contributed by atoms with Crippen molar-refractivity contribution in [3.63, 3.8) is 0 Å². The van der Waals surface area contributed by atoms with Crippen molar-refractivity contribution in [1.82, 2.24) is 0 Å². The van der Waals surface area contributed by atoms with Crippen LogP contribution in [0.4, 0.5) is 0 Å². The number of Topliss-reactive ketones (excluding diaryl/α,β-unsaturated/α-hetero) is 1. The molecule has 0 bridgehead atoms. The molecule has 1 atom stereocenters. The van der Waals surface area contributed by atoms with Crippen LogP contribution in [0.3, 0.4) is 0 Å². The van der Waals surface area contributed by atoms with E-state index >= 15 is 0 Å². The Labute approximate surface area is 78.1 Å². The van der Waals surface area contributed by atoms with Gasteiger partial charge in [0.05, 0.1) is 5.92 Å². The topological polar surface area (TPSA) is 54.4 Å². The van der Waals surface area contributed by atoms with E-state index in [1.807, 2.05) is 13.8 Å². The highest BCUT2D eigenvalue weighted by Gasteiger charge is 2.50. The SMILES string of the molecule is CCC1(CC)C(=O)CCC1C(=O)O. The Kier molecular flexibility index (Phi) is 2.74. The van der Waals surface area contributed by atoms with Crippen molar-refractivity contribution >= 4 is 11.8 Å². The predicted molar refractivity (Wildman–Crippen MR) is 48.4 cm³/mol. The number of hydrogen-bond acceptors (Lipinski definition) is 2. The molecule has 74 valence electrons. The van der Waals surface area contributed by atoms with Gasteiger partial charge in [-0.3, -0.25) is 9.59 Å². The number of carbonyl (C=O) groups excluding carboxylic acids is 1. The number of carboxylic acid groups (broad SMARTS) is 1. The third kappa shape index (κ3) is 1.36. The minimum atomic E-state index is -0.811. The minimum absolute atomic E-state index is 0.143. The first-order valence-electron chi connectivity index (χ1n) is 4.84. The fraction of sp³-hybridized carbons (Fsp3) is 0.800. The van der Waals surface area contributed by atoms with Crippen molar-refractivity contribution in [3.8, 4) is 0 Å². The summed E-state index contributed by atoms with van der Waals surface area (Å²) in [5, 5.41) is 8.98. The second kappa shape index (κ2) is 3.48. The molecule has 0 spiro atoms. The Morgan fingerprint density at radius 3 is 2.38 bits per heavy atom. The molecule has 1 N–H and O–H groups in total. The number of carbonyl (C=O) groups is 2. The molecular formula is C10H16O3. The molecule has 1 unspecified atom stereocenters. The minimum Gasteiger partial charge on any atom is -0.481 e. The van der Waals surface area contributed by atoms with Crippen molar-refractivity contribution in [1.29, 1.82) is 0 Å². The van der Waals surface area contributed by atoms with Gasteiger partial charge in [-0.15, -0.1) is 0 Å². The third-order valence-corrected chi connectivity index (χ3v) is 3.44. The fourth-order valence-corrected chi connectivity index (χ4v) is 2.49. The standard InChI is InChI=1S/C10H16O3/c1-3-10(4-2)7(9(12)13)5-6-8(10)11/h7H,3-6H2,1-2H3,(H,12,13). The van der Waals surface area contributed by atoms with Gasteiger partial charge in [0.15, 0.2) is 0 Å². The van der Waals surface area contributed by atoms with Crippen LogP contribution in [-0.2, 0) is 9.59 Å². The molecule has 1 rings (SSSR count). The molecule has 1 saturated carbocycles. The maximum Gasteiger partial charge on any atom is 0.307 e.